The van der Waals surface area contributed by atoms with Gasteiger partial charge in [-0.25, -0.2) is 0 Å². The van der Waals surface area contributed by atoms with Gasteiger partial charge in [-0.2, -0.15) is 0 Å². The zero-order valence-electron chi connectivity index (χ0n) is 10.9. The Kier molecular flexibility index (Phi) is 3.80. The molecule has 0 aliphatic carbocycles. The molecule has 1 aromatic carbocycles. The van der Waals surface area contributed by atoms with Crippen LogP contribution < -0.4 is 10.3 Å². The maximum Gasteiger partial charge on any atom is 0.253 e. The number of hydrogen-bond acceptors (Lipinski definition) is 3. The third-order valence-corrected chi connectivity index (χ3v) is 2.94. The van der Waals surface area contributed by atoms with E-state index in [-0.39, 0.29) is 17.9 Å². The lowest BCUT2D eigenvalue weighted by molar-refractivity contribution is 0.0971. The van der Waals surface area contributed by atoms with Gasteiger partial charge in [-0.1, -0.05) is 6.07 Å². The van der Waals surface area contributed by atoms with Crippen LogP contribution in [0.3, 0.4) is 0 Å². The number of ether oxygens (including phenoxy) is 1. The van der Waals surface area contributed by atoms with Gasteiger partial charge in [-0.15, -0.1) is 0 Å². The van der Waals surface area contributed by atoms with Crippen molar-refractivity contribution in [3.63, 3.8) is 0 Å². The number of hydrogen-bond donors (Lipinski definition) is 0. The summed E-state index contributed by atoms with van der Waals surface area (Å²) in [7, 11) is 1.57. The Balaban J connectivity index is 2.20. The van der Waals surface area contributed by atoms with E-state index in [9.17, 15) is 9.59 Å². The Bertz CT molecular complexity index is 641. The Morgan fingerprint density at radius 3 is 2.53 bits per heavy atom. The quantitative estimate of drug-likeness (QED) is 0.788. The lowest BCUT2D eigenvalue weighted by Gasteiger charge is -2.06. The highest BCUT2D eigenvalue weighted by atomic mass is 16.5. The van der Waals surface area contributed by atoms with Gasteiger partial charge in [0.05, 0.1) is 13.7 Å². The molecule has 0 spiro atoms. The van der Waals surface area contributed by atoms with E-state index in [4.69, 9.17) is 4.74 Å². The lowest BCUT2D eigenvalue weighted by Crippen LogP contribution is -2.25. The normalized spacial score (nSPS) is 10.2. The van der Waals surface area contributed by atoms with Crippen molar-refractivity contribution in [1.82, 2.24) is 4.57 Å². The average Bonchev–Trinajstić information content (AvgIpc) is 2.44. The Labute approximate surface area is 111 Å². The summed E-state index contributed by atoms with van der Waals surface area (Å²) < 4.78 is 6.45. The maximum atomic E-state index is 12.1. The molecule has 0 atom stereocenters. The predicted molar refractivity (Wildman–Crippen MR) is 72.8 cm³/mol. The molecule has 0 N–H and O–H groups in total. The maximum absolute atomic E-state index is 12.1. The summed E-state index contributed by atoms with van der Waals surface area (Å²) in [5, 5.41) is 0. The number of nitrogens with zero attached hydrogens (tertiary/aromatic N) is 1. The van der Waals surface area contributed by atoms with Crippen LogP contribution in [0.1, 0.15) is 15.9 Å². The van der Waals surface area contributed by atoms with Crippen molar-refractivity contribution in [3.05, 3.63) is 64.1 Å². The molecule has 0 radical (unpaired) electrons. The molecule has 1 heterocycles. The topological polar surface area (TPSA) is 48.3 Å². The molecule has 98 valence electrons. The van der Waals surface area contributed by atoms with Crippen LogP contribution in [0.15, 0.2) is 47.4 Å². The van der Waals surface area contributed by atoms with Gasteiger partial charge in [0.2, 0.25) is 0 Å². The highest BCUT2D eigenvalue weighted by Gasteiger charge is 2.08. The van der Waals surface area contributed by atoms with Crippen LogP contribution in [-0.2, 0) is 6.54 Å². The summed E-state index contributed by atoms with van der Waals surface area (Å²) in [6, 6.07) is 10.3. The van der Waals surface area contributed by atoms with Crippen molar-refractivity contribution in [2.45, 2.75) is 13.5 Å². The fourth-order valence-electron chi connectivity index (χ4n) is 1.80. The van der Waals surface area contributed by atoms with Crippen molar-refractivity contribution in [3.8, 4) is 5.75 Å². The number of carbonyl (C=O) groups excluding carboxylic acids is 1. The highest BCUT2D eigenvalue weighted by molar-refractivity contribution is 5.96. The van der Waals surface area contributed by atoms with E-state index >= 15 is 0 Å². The minimum absolute atomic E-state index is 0.0485. The van der Waals surface area contributed by atoms with Gasteiger partial charge >= 0.3 is 0 Å². The number of carbonyl (C=O) groups is 1. The molecule has 19 heavy (non-hydrogen) atoms. The van der Waals surface area contributed by atoms with Crippen LogP contribution in [0.2, 0.25) is 0 Å². The summed E-state index contributed by atoms with van der Waals surface area (Å²) in [6.45, 7) is 1.78. The van der Waals surface area contributed by atoms with Gasteiger partial charge in [0.1, 0.15) is 5.75 Å². The zero-order chi connectivity index (χ0) is 13.8. The molecule has 4 heteroatoms. The first-order chi connectivity index (χ1) is 9.11. The SMILES string of the molecule is COc1ccc(C(=O)Cn2cccc(C)c2=O)cc1. The second kappa shape index (κ2) is 5.52. The summed E-state index contributed by atoms with van der Waals surface area (Å²) in [5.74, 6) is 0.597. The van der Waals surface area contributed by atoms with E-state index in [1.165, 1.54) is 4.57 Å². The van der Waals surface area contributed by atoms with Crippen LogP contribution in [0, 0.1) is 6.92 Å². The number of rotatable bonds is 4. The van der Waals surface area contributed by atoms with Gasteiger partial charge in [0.15, 0.2) is 5.78 Å². The van der Waals surface area contributed by atoms with E-state index in [2.05, 4.69) is 0 Å². The molecule has 0 bridgehead atoms. The number of pyridine rings is 1. The Morgan fingerprint density at radius 2 is 1.89 bits per heavy atom. The molecule has 2 aromatic rings. The second-order valence-corrected chi connectivity index (χ2v) is 4.28. The molecule has 0 fully saturated rings. The molecule has 0 unspecified atom stereocenters. The number of aromatic nitrogens is 1. The van der Waals surface area contributed by atoms with Crippen LogP contribution in [0.4, 0.5) is 0 Å². The summed E-state index contributed by atoms with van der Waals surface area (Å²) >= 11 is 0. The van der Waals surface area contributed by atoms with Gasteiger partial charge in [0, 0.05) is 17.3 Å². The number of Topliss-reactive ketones (excluding diaryl/α,β-unsaturated/α-hetero) is 1. The molecule has 0 aliphatic heterocycles. The molecular weight excluding hydrogens is 242 g/mol. The number of ketones is 1. The number of methoxy groups -OCH3 is 1. The van der Waals surface area contributed by atoms with Crippen LogP contribution in [0.25, 0.3) is 0 Å². The number of benzene rings is 1. The minimum atomic E-state index is -0.135. The largest absolute Gasteiger partial charge is 0.497 e. The molecular formula is C15H15NO3. The smallest absolute Gasteiger partial charge is 0.253 e. The van der Waals surface area contributed by atoms with E-state index < -0.39 is 0 Å². The third kappa shape index (κ3) is 2.91. The molecule has 0 amide bonds. The van der Waals surface area contributed by atoms with Crippen molar-refractivity contribution in [2.24, 2.45) is 0 Å². The monoisotopic (exact) mass is 257 g/mol. The first-order valence-electron chi connectivity index (χ1n) is 5.95. The van der Waals surface area contributed by atoms with Gasteiger partial charge in [0.25, 0.3) is 5.56 Å². The predicted octanol–water partition coefficient (Wildman–Crippen LogP) is 2.05. The van der Waals surface area contributed by atoms with Crippen molar-refractivity contribution >= 4 is 5.78 Å². The lowest BCUT2D eigenvalue weighted by atomic mass is 10.1. The fourth-order valence-corrected chi connectivity index (χ4v) is 1.80. The molecule has 1 aromatic heterocycles. The van der Waals surface area contributed by atoms with Crippen molar-refractivity contribution in [2.75, 3.05) is 7.11 Å². The van der Waals surface area contributed by atoms with E-state index in [1.54, 1.807) is 56.6 Å². The van der Waals surface area contributed by atoms with Crippen molar-refractivity contribution in [1.29, 1.82) is 0 Å². The third-order valence-electron chi connectivity index (χ3n) is 2.94. The van der Waals surface area contributed by atoms with E-state index in [0.29, 0.717) is 16.9 Å². The summed E-state index contributed by atoms with van der Waals surface area (Å²) in [4.78, 5) is 23.9. The number of aryl methyl sites for hydroxylation is 1. The van der Waals surface area contributed by atoms with Gasteiger partial charge in [-0.05, 0) is 37.3 Å². The zero-order valence-corrected chi connectivity index (χ0v) is 10.9. The Hall–Kier alpha value is -2.36. The van der Waals surface area contributed by atoms with Crippen LogP contribution in [-0.4, -0.2) is 17.5 Å². The molecule has 4 nitrogen and oxygen atoms in total. The van der Waals surface area contributed by atoms with Gasteiger partial charge in [-0.3, -0.25) is 9.59 Å². The fraction of sp³-hybridized carbons (Fsp3) is 0.200. The van der Waals surface area contributed by atoms with Crippen molar-refractivity contribution < 1.29 is 9.53 Å². The molecule has 0 saturated heterocycles. The van der Waals surface area contributed by atoms with E-state index in [0.717, 1.165) is 0 Å². The second-order valence-electron chi connectivity index (χ2n) is 4.28. The molecule has 0 aliphatic rings. The Morgan fingerprint density at radius 1 is 1.21 bits per heavy atom. The standard InChI is InChI=1S/C15H15NO3/c1-11-4-3-9-16(15(11)18)10-14(17)12-5-7-13(19-2)8-6-12/h3-9H,10H2,1-2H3. The summed E-state index contributed by atoms with van der Waals surface area (Å²) in [6.07, 6.45) is 1.62. The van der Waals surface area contributed by atoms with Crippen LogP contribution >= 0.6 is 0 Å². The molecule has 2 rings (SSSR count). The molecule has 0 saturated carbocycles. The van der Waals surface area contributed by atoms with Gasteiger partial charge < -0.3 is 9.30 Å². The average molecular weight is 257 g/mol. The first-order valence-corrected chi connectivity index (χ1v) is 5.95. The highest BCUT2D eigenvalue weighted by Crippen LogP contribution is 2.12. The first kappa shape index (κ1) is 13.1. The minimum Gasteiger partial charge on any atom is -0.497 e. The van der Waals surface area contributed by atoms with Crippen LogP contribution in [0.5, 0.6) is 5.75 Å². The van der Waals surface area contributed by atoms with E-state index in [1.807, 2.05) is 0 Å². The summed E-state index contributed by atoms with van der Waals surface area (Å²) in [5.41, 5.74) is 1.06.